The van der Waals surface area contributed by atoms with Gasteiger partial charge in [-0.2, -0.15) is 0 Å². The molecule has 3 atom stereocenters. The molecular formula is C16H33N. The molecule has 1 saturated carbocycles. The molecule has 1 rings (SSSR count). The summed E-state index contributed by atoms with van der Waals surface area (Å²) in [6, 6.07) is 0.705. The normalized spacial score (nSPS) is 28.1. The summed E-state index contributed by atoms with van der Waals surface area (Å²) in [6.07, 6.45) is 8.43. The van der Waals surface area contributed by atoms with Crippen LogP contribution in [0.3, 0.4) is 0 Å². The van der Waals surface area contributed by atoms with Gasteiger partial charge in [-0.25, -0.2) is 0 Å². The lowest BCUT2D eigenvalue weighted by atomic mass is 9.70. The van der Waals surface area contributed by atoms with Gasteiger partial charge in [-0.1, -0.05) is 53.9 Å². The SMILES string of the molecule is CCCNC(C1CCCC(CC)C1)C(C)(C)C. The maximum atomic E-state index is 3.82. The van der Waals surface area contributed by atoms with E-state index in [9.17, 15) is 0 Å². The van der Waals surface area contributed by atoms with Gasteiger partial charge in [0.15, 0.2) is 0 Å². The molecule has 0 heterocycles. The van der Waals surface area contributed by atoms with Gasteiger partial charge in [0.25, 0.3) is 0 Å². The van der Waals surface area contributed by atoms with Crippen LogP contribution in [0.15, 0.2) is 0 Å². The maximum absolute atomic E-state index is 3.82. The number of rotatable bonds is 5. The van der Waals surface area contributed by atoms with Crippen LogP contribution in [0.4, 0.5) is 0 Å². The van der Waals surface area contributed by atoms with Crippen LogP contribution in [0, 0.1) is 17.3 Å². The van der Waals surface area contributed by atoms with Crippen LogP contribution in [0.2, 0.25) is 0 Å². The highest BCUT2D eigenvalue weighted by Crippen LogP contribution is 2.38. The largest absolute Gasteiger partial charge is 0.313 e. The van der Waals surface area contributed by atoms with Crippen LogP contribution in [0.5, 0.6) is 0 Å². The highest BCUT2D eigenvalue weighted by Gasteiger charge is 2.34. The summed E-state index contributed by atoms with van der Waals surface area (Å²) in [5.41, 5.74) is 0.398. The molecule has 17 heavy (non-hydrogen) atoms. The van der Waals surface area contributed by atoms with Crippen molar-refractivity contribution in [2.75, 3.05) is 6.54 Å². The molecule has 0 aromatic rings. The van der Waals surface area contributed by atoms with E-state index in [0.29, 0.717) is 11.5 Å². The lowest BCUT2D eigenvalue weighted by molar-refractivity contribution is 0.131. The number of hydrogen-bond donors (Lipinski definition) is 1. The maximum Gasteiger partial charge on any atom is 0.0144 e. The summed E-state index contributed by atoms with van der Waals surface area (Å²) < 4.78 is 0. The molecule has 102 valence electrons. The molecule has 0 aromatic carbocycles. The zero-order valence-electron chi connectivity index (χ0n) is 12.7. The fourth-order valence-electron chi connectivity index (χ4n) is 3.49. The van der Waals surface area contributed by atoms with Gasteiger partial charge in [0.1, 0.15) is 0 Å². The molecule has 1 aliphatic rings. The van der Waals surface area contributed by atoms with E-state index in [2.05, 4.69) is 39.9 Å². The van der Waals surface area contributed by atoms with Crippen molar-refractivity contribution in [1.29, 1.82) is 0 Å². The Bertz CT molecular complexity index is 204. The van der Waals surface area contributed by atoms with Gasteiger partial charge < -0.3 is 5.32 Å². The molecule has 0 aromatic heterocycles. The molecule has 1 heteroatoms. The van der Waals surface area contributed by atoms with E-state index in [4.69, 9.17) is 0 Å². The zero-order chi connectivity index (χ0) is 12.9. The van der Waals surface area contributed by atoms with Crippen LogP contribution in [-0.4, -0.2) is 12.6 Å². The first kappa shape index (κ1) is 15.0. The Morgan fingerprint density at radius 1 is 1.18 bits per heavy atom. The summed E-state index contributed by atoms with van der Waals surface area (Å²) in [7, 11) is 0. The number of hydrogen-bond acceptors (Lipinski definition) is 1. The second-order valence-electron chi connectivity index (χ2n) is 7.00. The van der Waals surface area contributed by atoms with Crippen LogP contribution < -0.4 is 5.32 Å². The lowest BCUT2D eigenvalue weighted by Gasteiger charge is -2.41. The Hall–Kier alpha value is -0.0400. The number of nitrogens with one attached hydrogen (secondary N) is 1. The second-order valence-corrected chi connectivity index (χ2v) is 7.00. The Labute approximate surface area is 109 Å². The van der Waals surface area contributed by atoms with E-state index in [1.54, 1.807) is 0 Å². The Morgan fingerprint density at radius 3 is 2.41 bits per heavy atom. The first-order valence-electron chi connectivity index (χ1n) is 7.72. The van der Waals surface area contributed by atoms with Crippen molar-refractivity contribution in [3.63, 3.8) is 0 Å². The van der Waals surface area contributed by atoms with Crippen LogP contribution in [0.1, 0.15) is 73.1 Å². The molecule has 0 amide bonds. The van der Waals surface area contributed by atoms with Gasteiger partial charge in [0.2, 0.25) is 0 Å². The van der Waals surface area contributed by atoms with Crippen molar-refractivity contribution in [2.24, 2.45) is 17.3 Å². The first-order valence-corrected chi connectivity index (χ1v) is 7.72. The molecule has 1 N–H and O–H groups in total. The Kier molecular flexibility index (Phi) is 5.99. The fourth-order valence-corrected chi connectivity index (χ4v) is 3.49. The van der Waals surface area contributed by atoms with Gasteiger partial charge in [-0.15, -0.1) is 0 Å². The van der Waals surface area contributed by atoms with Crippen molar-refractivity contribution in [3.05, 3.63) is 0 Å². The van der Waals surface area contributed by atoms with Gasteiger partial charge >= 0.3 is 0 Å². The predicted octanol–water partition coefficient (Wildman–Crippen LogP) is 4.62. The summed E-state index contributed by atoms with van der Waals surface area (Å²) in [5.74, 6) is 1.89. The van der Waals surface area contributed by atoms with E-state index in [1.165, 1.54) is 45.1 Å². The minimum atomic E-state index is 0.398. The summed E-state index contributed by atoms with van der Waals surface area (Å²) in [6.45, 7) is 13.0. The summed E-state index contributed by atoms with van der Waals surface area (Å²) >= 11 is 0. The molecule has 0 radical (unpaired) electrons. The van der Waals surface area contributed by atoms with Gasteiger partial charge in [-0.05, 0) is 43.1 Å². The average molecular weight is 239 g/mol. The molecule has 3 unspecified atom stereocenters. The highest BCUT2D eigenvalue weighted by atomic mass is 14.9. The zero-order valence-corrected chi connectivity index (χ0v) is 12.7. The van der Waals surface area contributed by atoms with Gasteiger partial charge in [-0.3, -0.25) is 0 Å². The van der Waals surface area contributed by atoms with Crippen LogP contribution in [0.25, 0.3) is 0 Å². The van der Waals surface area contributed by atoms with E-state index >= 15 is 0 Å². The molecule has 1 aliphatic carbocycles. The average Bonchev–Trinajstić information content (AvgIpc) is 2.28. The standard InChI is InChI=1S/C16H33N/c1-6-11-17-15(16(3,4)5)14-10-8-9-13(7-2)12-14/h13-15,17H,6-12H2,1-5H3. The smallest absolute Gasteiger partial charge is 0.0144 e. The Balaban J connectivity index is 2.61. The predicted molar refractivity (Wildman–Crippen MR) is 77.3 cm³/mol. The third-order valence-electron chi connectivity index (χ3n) is 4.42. The molecule has 0 bridgehead atoms. The fraction of sp³-hybridized carbons (Fsp3) is 1.00. The van der Waals surface area contributed by atoms with Crippen LogP contribution >= 0.6 is 0 Å². The third-order valence-corrected chi connectivity index (χ3v) is 4.42. The van der Waals surface area contributed by atoms with Crippen molar-refractivity contribution in [2.45, 2.75) is 79.2 Å². The monoisotopic (exact) mass is 239 g/mol. The minimum Gasteiger partial charge on any atom is -0.313 e. The van der Waals surface area contributed by atoms with E-state index < -0.39 is 0 Å². The summed E-state index contributed by atoms with van der Waals surface area (Å²) in [5, 5.41) is 3.82. The van der Waals surface area contributed by atoms with Crippen molar-refractivity contribution in [3.8, 4) is 0 Å². The first-order chi connectivity index (χ1) is 7.99. The Morgan fingerprint density at radius 2 is 1.88 bits per heavy atom. The van der Waals surface area contributed by atoms with Gasteiger partial charge in [0.05, 0.1) is 0 Å². The van der Waals surface area contributed by atoms with Crippen molar-refractivity contribution in [1.82, 2.24) is 5.32 Å². The molecule has 0 aliphatic heterocycles. The van der Waals surface area contributed by atoms with Crippen LogP contribution in [-0.2, 0) is 0 Å². The van der Waals surface area contributed by atoms with Crippen molar-refractivity contribution < 1.29 is 0 Å². The van der Waals surface area contributed by atoms with Gasteiger partial charge in [0, 0.05) is 6.04 Å². The van der Waals surface area contributed by atoms with Crippen molar-refractivity contribution >= 4 is 0 Å². The highest BCUT2D eigenvalue weighted by molar-refractivity contribution is 4.89. The topological polar surface area (TPSA) is 12.0 Å². The molecule has 0 saturated heterocycles. The molecule has 0 spiro atoms. The van der Waals surface area contributed by atoms with E-state index in [1.807, 2.05) is 0 Å². The third kappa shape index (κ3) is 4.62. The lowest BCUT2D eigenvalue weighted by Crippen LogP contribution is -2.47. The molecular weight excluding hydrogens is 206 g/mol. The molecule has 1 fully saturated rings. The quantitative estimate of drug-likeness (QED) is 0.738. The van der Waals surface area contributed by atoms with E-state index in [0.717, 1.165) is 11.8 Å². The second kappa shape index (κ2) is 6.78. The molecule has 1 nitrogen and oxygen atoms in total. The minimum absolute atomic E-state index is 0.398. The summed E-state index contributed by atoms with van der Waals surface area (Å²) in [4.78, 5) is 0. The van der Waals surface area contributed by atoms with E-state index in [-0.39, 0.29) is 0 Å².